The van der Waals surface area contributed by atoms with Crippen LogP contribution in [0.25, 0.3) is 0 Å². The number of carbonyl (C=O) groups is 2. The van der Waals surface area contributed by atoms with E-state index in [2.05, 4.69) is 20.3 Å². The zero-order valence-corrected chi connectivity index (χ0v) is 29.6. The van der Waals surface area contributed by atoms with E-state index >= 15 is 0 Å². The number of nitrogen functional groups attached to an aromatic ring is 1. The second kappa shape index (κ2) is 18.4. The number of nitrogens with zero attached hydrogens (tertiary/aromatic N) is 2. The fourth-order valence-electron chi connectivity index (χ4n) is 6.43. The normalized spacial score (nSPS) is 19.7. The first-order valence-electron chi connectivity index (χ1n) is 17.0. The van der Waals surface area contributed by atoms with Gasteiger partial charge in [-0.05, 0) is 36.7 Å². The van der Waals surface area contributed by atoms with Crippen LogP contribution in [0.1, 0.15) is 70.1 Å². The molecule has 7 N–H and O–H groups in total. The zero-order chi connectivity index (χ0) is 34.7. The number of nitrogens with two attached hydrogens (primary N) is 1. The van der Waals surface area contributed by atoms with Crippen molar-refractivity contribution in [1.82, 2.24) is 24.6 Å². The molecular weight excluding hydrogens is 657 g/mol. The summed E-state index contributed by atoms with van der Waals surface area (Å²) in [5, 5.41) is 29.9. The monoisotopic (exact) mass is 708 g/mol. The second-order valence-corrected chi connectivity index (χ2v) is 16.0. The molecule has 2 fully saturated rings. The fourth-order valence-corrected chi connectivity index (χ4v) is 8.33. The summed E-state index contributed by atoms with van der Waals surface area (Å²) >= 11 is 1.20. The number of hydrogen-bond acceptors (Lipinski definition) is 10. The number of aliphatic hydroxyl groups excluding tert-OH is 2. The lowest BCUT2D eigenvalue weighted by Gasteiger charge is -2.34. The van der Waals surface area contributed by atoms with Crippen LogP contribution in [0.4, 0.5) is 5.13 Å². The summed E-state index contributed by atoms with van der Waals surface area (Å²) in [5.74, 6) is -0.851. The minimum absolute atomic E-state index is 0.0136. The Kier molecular flexibility index (Phi) is 14.6. The fraction of sp³-hybridized carbons (Fsp3) is 0.667. The molecule has 48 heavy (non-hydrogen) atoms. The van der Waals surface area contributed by atoms with E-state index in [-0.39, 0.29) is 51.0 Å². The number of morpholine rings is 1. The molecule has 1 aliphatic heterocycles. The van der Waals surface area contributed by atoms with Crippen molar-refractivity contribution in [2.24, 2.45) is 11.8 Å². The van der Waals surface area contributed by atoms with Gasteiger partial charge < -0.3 is 31.3 Å². The Morgan fingerprint density at radius 1 is 1.02 bits per heavy atom. The highest BCUT2D eigenvalue weighted by Crippen LogP contribution is 2.29. The van der Waals surface area contributed by atoms with Gasteiger partial charge in [0.2, 0.25) is 11.8 Å². The molecule has 1 saturated heterocycles. The topological polar surface area (TPSA) is 196 Å². The number of benzene rings is 1. The molecule has 1 saturated carbocycles. The molecular formula is C33H52N6O7S2. The van der Waals surface area contributed by atoms with Crippen molar-refractivity contribution in [1.29, 1.82) is 0 Å². The molecule has 5 atom stereocenters. The summed E-state index contributed by atoms with van der Waals surface area (Å²) < 4.78 is 35.9. The number of nitrogens with one attached hydrogen (secondary N) is 3. The maximum atomic E-state index is 14.1. The van der Waals surface area contributed by atoms with Gasteiger partial charge in [-0.1, -0.05) is 76.3 Å². The molecule has 1 aliphatic carbocycles. The van der Waals surface area contributed by atoms with Crippen LogP contribution in [-0.2, 0) is 37.4 Å². The van der Waals surface area contributed by atoms with Crippen molar-refractivity contribution in [3.05, 3.63) is 47.0 Å². The van der Waals surface area contributed by atoms with Crippen molar-refractivity contribution in [3.8, 4) is 0 Å². The van der Waals surface area contributed by atoms with Crippen LogP contribution in [0, 0.1) is 11.8 Å². The Hall–Kier alpha value is -2.66. The number of amides is 2. The van der Waals surface area contributed by atoms with Gasteiger partial charge in [-0.3, -0.25) is 9.59 Å². The molecule has 268 valence electrons. The Morgan fingerprint density at radius 3 is 2.31 bits per heavy atom. The van der Waals surface area contributed by atoms with E-state index < -0.39 is 52.4 Å². The van der Waals surface area contributed by atoms with Crippen LogP contribution < -0.4 is 21.1 Å². The lowest BCUT2D eigenvalue weighted by Crippen LogP contribution is -2.59. The van der Waals surface area contributed by atoms with E-state index in [9.17, 15) is 28.2 Å². The molecule has 1 aromatic carbocycles. The molecule has 15 heteroatoms. The Balaban J connectivity index is 1.58. The number of anilines is 1. The predicted molar refractivity (Wildman–Crippen MR) is 185 cm³/mol. The van der Waals surface area contributed by atoms with Crippen LogP contribution >= 0.6 is 11.3 Å². The molecule has 2 heterocycles. The highest BCUT2D eigenvalue weighted by molar-refractivity contribution is 7.87. The molecule has 1 aromatic heterocycles. The average molecular weight is 709 g/mol. The van der Waals surface area contributed by atoms with Gasteiger partial charge in [0.05, 0.1) is 31.1 Å². The minimum Gasteiger partial charge on any atom is -0.390 e. The van der Waals surface area contributed by atoms with Gasteiger partial charge in [0, 0.05) is 24.9 Å². The third kappa shape index (κ3) is 11.7. The maximum absolute atomic E-state index is 14.1. The molecule has 2 aliphatic rings. The Bertz CT molecular complexity index is 1400. The molecule has 0 radical (unpaired) electrons. The van der Waals surface area contributed by atoms with Crippen LogP contribution in [-0.4, -0.2) is 96.4 Å². The second-order valence-electron chi connectivity index (χ2n) is 13.4. The zero-order valence-electron chi connectivity index (χ0n) is 27.9. The first kappa shape index (κ1) is 38.1. The molecule has 4 rings (SSSR count). The van der Waals surface area contributed by atoms with Gasteiger partial charge in [0.1, 0.15) is 18.2 Å². The number of rotatable bonds is 17. The van der Waals surface area contributed by atoms with Crippen LogP contribution in [0.2, 0.25) is 0 Å². The van der Waals surface area contributed by atoms with Gasteiger partial charge in [-0.2, -0.15) is 17.4 Å². The highest BCUT2D eigenvalue weighted by Gasteiger charge is 2.36. The lowest BCUT2D eigenvalue weighted by molar-refractivity contribution is -0.131. The molecule has 13 nitrogen and oxygen atoms in total. The van der Waals surface area contributed by atoms with Gasteiger partial charge >= 0.3 is 0 Å². The SMILES string of the molecule is CC(C)C[C@H](O)C(O)[C@H](CC1CCCCC1)NC(=O)[C@H](Cc1csc(N)n1)NC(=O)[C@H](Cc1ccccc1)NS(=O)(=O)N1CCOCC1. The number of thiazole rings is 1. The molecule has 1 unspecified atom stereocenters. The number of hydrogen-bond donors (Lipinski definition) is 6. The number of aromatic nitrogens is 1. The summed E-state index contributed by atoms with van der Waals surface area (Å²) in [7, 11) is -4.07. The molecule has 2 aromatic rings. The standard InChI is InChI=1S/C33H52N6O7S2/c1-22(2)17-29(40)30(41)26(18-23-9-5-3-6-10-23)36-31(42)27(20-25-21-47-33(34)35-25)37-32(43)28(19-24-11-7-4-8-12-24)38-48(44,45)39-13-15-46-16-14-39/h4,7-8,11-12,21-23,26-30,38,40-41H,3,5-6,9-10,13-20H2,1-2H3,(H2,34,35)(H,36,42)(H,37,43)/t26-,27-,28-,29-,30?/m0/s1. The van der Waals surface area contributed by atoms with Crippen molar-refractivity contribution in [3.63, 3.8) is 0 Å². The minimum atomic E-state index is -4.07. The summed E-state index contributed by atoms with van der Waals surface area (Å²) in [6, 6.07) is 5.85. The van der Waals surface area contributed by atoms with Gasteiger partial charge in [0.25, 0.3) is 10.2 Å². The predicted octanol–water partition coefficient (Wildman–Crippen LogP) is 1.75. The summed E-state index contributed by atoms with van der Waals surface area (Å²) in [4.78, 5) is 32.3. The summed E-state index contributed by atoms with van der Waals surface area (Å²) in [5.41, 5.74) is 7.08. The average Bonchev–Trinajstić information content (AvgIpc) is 3.48. The smallest absolute Gasteiger partial charge is 0.280 e. The van der Waals surface area contributed by atoms with E-state index in [0.29, 0.717) is 23.7 Å². The largest absolute Gasteiger partial charge is 0.390 e. The van der Waals surface area contributed by atoms with Crippen molar-refractivity contribution < 1.29 is 33.0 Å². The van der Waals surface area contributed by atoms with E-state index in [1.165, 1.54) is 15.6 Å². The first-order valence-corrected chi connectivity index (χ1v) is 19.3. The molecule has 2 amide bonds. The van der Waals surface area contributed by atoms with Gasteiger partial charge in [0.15, 0.2) is 5.13 Å². The van der Waals surface area contributed by atoms with Crippen LogP contribution in [0.5, 0.6) is 0 Å². The van der Waals surface area contributed by atoms with Gasteiger partial charge in [-0.25, -0.2) is 4.98 Å². The number of aliphatic hydroxyl groups is 2. The maximum Gasteiger partial charge on any atom is 0.280 e. The summed E-state index contributed by atoms with van der Waals surface area (Å²) in [6.07, 6.45) is 3.86. The third-order valence-corrected chi connectivity index (χ3v) is 11.3. The third-order valence-electron chi connectivity index (χ3n) is 8.98. The molecule has 0 spiro atoms. The Labute approximate surface area is 288 Å². The number of ether oxygens (including phenoxy) is 1. The van der Waals surface area contributed by atoms with E-state index in [0.717, 1.165) is 37.7 Å². The van der Waals surface area contributed by atoms with E-state index in [1.54, 1.807) is 29.6 Å². The quantitative estimate of drug-likeness (QED) is 0.142. The van der Waals surface area contributed by atoms with Crippen LogP contribution in [0.15, 0.2) is 35.7 Å². The summed E-state index contributed by atoms with van der Waals surface area (Å²) in [6.45, 7) is 4.70. The van der Waals surface area contributed by atoms with Crippen molar-refractivity contribution in [2.75, 3.05) is 32.0 Å². The van der Waals surface area contributed by atoms with Crippen molar-refractivity contribution >= 4 is 38.5 Å². The number of carbonyl (C=O) groups excluding carboxylic acids is 2. The van der Waals surface area contributed by atoms with E-state index in [4.69, 9.17) is 10.5 Å². The van der Waals surface area contributed by atoms with Crippen LogP contribution in [0.3, 0.4) is 0 Å². The molecule has 0 bridgehead atoms. The van der Waals surface area contributed by atoms with Gasteiger partial charge in [-0.15, -0.1) is 11.3 Å². The van der Waals surface area contributed by atoms with E-state index in [1.807, 2.05) is 19.9 Å². The lowest BCUT2D eigenvalue weighted by atomic mass is 9.82. The Morgan fingerprint density at radius 2 is 1.69 bits per heavy atom. The first-order chi connectivity index (χ1) is 22.9. The highest BCUT2D eigenvalue weighted by atomic mass is 32.2. The van der Waals surface area contributed by atoms with Crippen molar-refractivity contribution in [2.45, 2.75) is 102 Å².